The van der Waals surface area contributed by atoms with Gasteiger partial charge in [0.2, 0.25) is 0 Å². The molecule has 1 N–H and O–H groups in total. The van der Waals surface area contributed by atoms with E-state index in [1.807, 2.05) is 18.2 Å². The fourth-order valence-corrected chi connectivity index (χ4v) is 6.03. The fourth-order valence-electron chi connectivity index (χ4n) is 4.41. The van der Waals surface area contributed by atoms with Crippen LogP contribution in [-0.4, -0.2) is 14.1 Å². The highest BCUT2D eigenvalue weighted by Crippen LogP contribution is 2.38. The summed E-state index contributed by atoms with van der Waals surface area (Å²) in [7, 11) is 0. The summed E-state index contributed by atoms with van der Waals surface area (Å²) in [4.78, 5) is 29.1. The molecule has 0 saturated carbocycles. The van der Waals surface area contributed by atoms with Crippen molar-refractivity contribution in [3.8, 4) is 5.69 Å². The first-order chi connectivity index (χ1) is 15.1. The van der Waals surface area contributed by atoms with Crippen molar-refractivity contribution in [2.45, 2.75) is 35.8 Å². The number of hydrogen-bond donors (Lipinski definition) is 1. The number of fused-ring (bicyclic) bond motifs is 2. The van der Waals surface area contributed by atoms with E-state index in [1.54, 1.807) is 42.5 Å². The van der Waals surface area contributed by atoms with Crippen molar-refractivity contribution < 1.29 is 4.55 Å². The first kappa shape index (κ1) is 19.8. The third-order valence-corrected chi connectivity index (χ3v) is 7.66. The number of rotatable bonds is 3. The number of aryl methyl sites for hydroxylation is 1. The van der Waals surface area contributed by atoms with E-state index in [2.05, 4.69) is 17.1 Å². The lowest BCUT2D eigenvalue weighted by Crippen LogP contribution is -2.33. The van der Waals surface area contributed by atoms with E-state index < -0.39 is 16.9 Å². The van der Waals surface area contributed by atoms with Gasteiger partial charge in [-0.05, 0) is 66.7 Å². The van der Waals surface area contributed by atoms with Gasteiger partial charge in [-0.1, -0.05) is 42.5 Å². The standard InChI is InChI=1S/C25H22N2O3S/c28-24-21-13-4-5-14-22(21)26-25(29)27(24)18-10-7-11-19(16-18)31(30)23-15-6-2-9-17-8-1-3-12-20(17)23/h1,3-5,7-8,10-14,16,23H,2,6,9,15H2,(H,26,29). The third-order valence-electron chi connectivity index (χ3n) is 5.94. The van der Waals surface area contributed by atoms with E-state index in [1.165, 1.54) is 5.56 Å². The Balaban J connectivity index is 1.59. The molecule has 2 unspecified atom stereocenters. The molecule has 0 amide bonds. The molecule has 3 aromatic carbocycles. The van der Waals surface area contributed by atoms with Gasteiger partial charge >= 0.3 is 5.69 Å². The molecular weight excluding hydrogens is 408 g/mol. The van der Waals surface area contributed by atoms with Gasteiger partial charge < -0.3 is 9.54 Å². The summed E-state index contributed by atoms with van der Waals surface area (Å²) in [5.41, 5.74) is 2.43. The number of benzene rings is 3. The average Bonchev–Trinajstić information content (AvgIpc) is 3.01. The second-order valence-electron chi connectivity index (χ2n) is 7.84. The number of nitrogens with one attached hydrogen (secondary N) is 1. The Hall–Kier alpha value is -3.09. The molecule has 0 spiro atoms. The number of hydrogen-bond acceptors (Lipinski definition) is 3. The minimum absolute atomic E-state index is 0.0967. The van der Waals surface area contributed by atoms with Crippen LogP contribution in [0.1, 0.15) is 35.6 Å². The molecule has 2 atom stereocenters. The molecule has 4 aromatic rings. The average molecular weight is 431 g/mol. The molecule has 6 heteroatoms. The van der Waals surface area contributed by atoms with Crippen LogP contribution in [0.15, 0.2) is 87.3 Å². The summed E-state index contributed by atoms with van der Waals surface area (Å²) in [5, 5.41) is 0.340. The summed E-state index contributed by atoms with van der Waals surface area (Å²) in [6.45, 7) is 0. The maximum Gasteiger partial charge on any atom is 0.333 e. The molecule has 5 rings (SSSR count). The van der Waals surface area contributed by atoms with Gasteiger partial charge in [0.25, 0.3) is 5.56 Å². The summed E-state index contributed by atoms with van der Waals surface area (Å²) in [5.74, 6) is 0. The Morgan fingerprint density at radius 2 is 1.74 bits per heavy atom. The van der Waals surface area contributed by atoms with E-state index in [-0.39, 0.29) is 10.8 Å². The molecule has 0 radical (unpaired) electrons. The van der Waals surface area contributed by atoms with Crippen LogP contribution in [0, 0.1) is 0 Å². The van der Waals surface area contributed by atoms with Gasteiger partial charge in [-0.15, -0.1) is 0 Å². The molecule has 1 aromatic heterocycles. The van der Waals surface area contributed by atoms with E-state index in [0.717, 1.165) is 35.8 Å². The minimum atomic E-state index is -1.29. The number of para-hydroxylation sites is 1. The monoisotopic (exact) mass is 430 g/mol. The number of nitrogens with zero attached hydrogens (tertiary/aromatic N) is 1. The molecular formula is C25H22N2O3S. The van der Waals surface area contributed by atoms with E-state index in [9.17, 15) is 14.1 Å². The normalized spacial score (nSPS) is 17.1. The fraction of sp³-hybridized carbons (Fsp3) is 0.200. The topological polar surface area (TPSA) is 77.9 Å². The predicted octanol–water partition coefficient (Wildman–Crippen LogP) is 4.25. The summed E-state index contributed by atoms with van der Waals surface area (Å²) in [6.07, 6.45) is 3.97. The molecule has 1 aliphatic carbocycles. The van der Waals surface area contributed by atoms with Gasteiger partial charge in [-0.3, -0.25) is 4.79 Å². The van der Waals surface area contributed by atoms with Crippen LogP contribution in [0.5, 0.6) is 0 Å². The van der Waals surface area contributed by atoms with Crippen molar-refractivity contribution in [1.82, 2.24) is 9.55 Å². The highest BCUT2D eigenvalue weighted by atomic mass is 32.2. The SMILES string of the molecule is O=c1[nH]c2ccccc2c(=O)n1-c1cccc([S+]([O-])C2CCCCc3ccccc32)c1. The molecule has 156 valence electrons. The van der Waals surface area contributed by atoms with Crippen LogP contribution in [0.4, 0.5) is 0 Å². The summed E-state index contributed by atoms with van der Waals surface area (Å²) in [6, 6.07) is 22.1. The molecule has 1 aliphatic rings. The molecule has 0 saturated heterocycles. The lowest BCUT2D eigenvalue weighted by molar-refractivity contribution is 0.570. The molecule has 1 heterocycles. The first-order valence-electron chi connectivity index (χ1n) is 10.5. The van der Waals surface area contributed by atoms with Crippen molar-refractivity contribution in [2.24, 2.45) is 0 Å². The van der Waals surface area contributed by atoms with Crippen molar-refractivity contribution >= 4 is 22.1 Å². The van der Waals surface area contributed by atoms with Crippen molar-refractivity contribution in [1.29, 1.82) is 0 Å². The molecule has 0 aliphatic heterocycles. The number of H-pyrrole nitrogens is 1. The largest absolute Gasteiger partial charge is 0.611 e. The van der Waals surface area contributed by atoms with Crippen LogP contribution in [0.25, 0.3) is 16.6 Å². The van der Waals surface area contributed by atoms with E-state index in [4.69, 9.17) is 0 Å². The van der Waals surface area contributed by atoms with Crippen LogP contribution in [0.3, 0.4) is 0 Å². The van der Waals surface area contributed by atoms with Crippen molar-refractivity contribution in [3.63, 3.8) is 0 Å². The molecule has 5 nitrogen and oxygen atoms in total. The Morgan fingerprint density at radius 1 is 0.935 bits per heavy atom. The van der Waals surface area contributed by atoms with Crippen molar-refractivity contribution in [2.75, 3.05) is 0 Å². The highest BCUT2D eigenvalue weighted by Gasteiger charge is 2.30. The quantitative estimate of drug-likeness (QED) is 0.390. The van der Waals surface area contributed by atoms with Gasteiger partial charge in [-0.25, -0.2) is 9.36 Å². The van der Waals surface area contributed by atoms with Crippen LogP contribution >= 0.6 is 0 Å². The summed E-state index contributed by atoms with van der Waals surface area (Å²) < 4.78 is 14.7. The lowest BCUT2D eigenvalue weighted by Gasteiger charge is -2.22. The Bertz CT molecular complexity index is 1380. The van der Waals surface area contributed by atoms with Crippen LogP contribution in [-0.2, 0) is 17.6 Å². The van der Waals surface area contributed by atoms with Gasteiger partial charge in [-0.2, -0.15) is 0 Å². The Kier molecular flexibility index (Phi) is 5.26. The molecule has 31 heavy (non-hydrogen) atoms. The van der Waals surface area contributed by atoms with Gasteiger partial charge in [0.1, 0.15) is 5.25 Å². The third kappa shape index (κ3) is 3.62. The van der Waals surface area contributed by atoms with Crippen LogP contribution < -0.4 is 11.2 Å². The Labute approximate surface area is 182 Å². The minimum Gasteiger partial charge on any atom is -0.611 e. The second-order valence-corrected chi connectivity index (χ2v) is 9.48. The van der Waals surface area contributed by atoms with E-state index in [0.29, 0.717) is 21.5 Å². The zero-order valence-corrected chi connectivity index (χ0v) is 17.7. The summed E-state index contributed by atoms with van der Waals surface area (Å²) >= 11 is -1.29. The maximum absolute atomic E-state index is 13.6. The van der Waals surface area contributed by atoms with Gasteiger partial charge in [0.05, 0.1) is 16.6 Å². The smallest absolute Gasteiger partial charge is 0.333 e. The van der Waals surface area contributed by atoms with Crippen molar-refractivity contribution in [3.05, 3.63) is 105 Å². The number of aromatic amines is 1. The second kappa shape index (κ2) is 8.21. The van der Waals surface area contributed by atoms with Gasteiger partial charge in [0, 0.05) is 11.6 Å². The zero-order valence-electron chi connectivity index (χ0n) is 16.9. The predicted molar refractivity (Wildman–Crippen MR) is 123 cm³/mol. The molecule has 0 bridgehead atoms. The number of aromatic nitrogens is 2. The highest BCUT2D eigenvalue weighted by molar-refractivity contribution is 7.91. The van der Waals surface area contributed by atoms with Crippen LogP contribution in [0.2, 0.25) is 0 Å². The van der Waals surface area contributed by atoms with E-state index >= 15 is 0 Å². The lowest BCUT2D eigenvalue weighted by atomic mass is 10.0. The first-order valence-corrected chi connectivity index (χ1v) is 11.7. The maximum atomic E-state index is 13.6. The van der Waals surface area contributed by atoms with Gasteiger partial charge in [0.15, 0.2) is 4.90 Å². The zero-order chi connectivity index (χ0) is 21.4. The molecule has 0 fully saturated rings. The Morgan fingerprint density at radius 3 is 2.65 bits per heavy atom.